The molecule has 0 unspecified atom stereocenters. The fourth-order valence-corrected chi connectivity index (χ4v) is 3.24. The van der Waals surface area contributed by atoms with Gasteiger partial charge in [0.25, 0.3) is 11.8 Å². The van der Waals surface area contributed by atoms with Gasteiger partial charge in [0.15, 0.2) is 0 Å². The summed E-state index contributed by atoms with van der Waals surface area (Å²) in [5, 5.41) is 5.16. The van der Waals surface area contributed by atoms with Gasteiger partial charge in [-0.1, -0.05) is 31.4 Å². The fourth-order valence-electron chi connectivity index (χ4n) is 3.24. The minimum absolute atomic E-state index is 0.0563. The van der Waals surface area contributed by atoms with Crippen LogP contribution in [0.4, 0.5) is 18.9 Å². The number of hydrogen-bond donors (Lipinski definition) is 2. The molecule has 0 spiro atoms. The van der Waals surface area contributed by atoms with Crippen LogP contribution < -0.4 is 10.6 Å². The summed E-state index contributed by atoms with van der Waals surface area (Å²) < 4.78 is 39.2. The third-order valence-corrected chi connectivity index (χ3v) is 4.68. The SMILES string of the molecule is O=C(Nc1ccccc1C(F)(F)F)c1ccnc(C(=O)NC2CCCCC2)c1. The number of carbonyl (C=O) groups excluding carboxylic acids is 2. The van der Waals surface area contributed by atoms with E-state index in [2.05, 4.69) is 15.6 Å². The number of pyridine rings is 1. The van der Waals surface area contributed by atoms with E-state index in [1.807, 2.05) is 0 Å². The average molecular weight is 391 g/mol. The van der Waals surface area contributed by atoms with Gasteiger partial charge >= 0.3 is 6.18 Å². The maximum absolute atomic E-state index is 13.1. The Balaban J connectivity index is 1.73. The van der Waals surface area contributed by atoms with Crippen LogP contribution in [0.5, 0.6) is 0 Å². The maximum Gasteiger partial charge on any atom is 0.418 e. The summed E-state index contributed by atoms with van der Waals surface area (Å²) in [6.07, 6.45) is 1.77. The quantitative estimate of drug-likeness (QED) is 0.811. The number of alkyl halides is 3. The van der Waals surface area contributed by atoms with Gasteiger partial charge in [-0.3, -0.25) is 14.6 Å². The number of carbonyl (C=O) groups is 2. The number of nitrogens with zero attached hydrogens (tertiary/aromatic N) is 1. The van der Waals surface area contributed by atoms with Crippen molar-refractivity contribution in [2.24, 2.45) is 0 Å². The van der Waals surface area contributed by atoms with Crippen LogP contribution in [0.3, 0.4) is 0 Å². The third-order valence-electron chi connectivity index (χ3n) is 4.68. The van der Waals surface area contributed by atoms with Crippen molar-refractivity contribution in [1.82, 2.24) is 10.3 Å². The highest BCUT2D eigenvalue weighted by molar-refractivity contribution is 6.06. The summed E-state index contributed by atoms with van der Waals surface area (Å²) in [4.78, 5) is 28.8. The first-order valence-corrected chi connectivity index (χ1v) is 9.09. The van der Waals surface area contributed by atoms with Crippen LogP contribution in [0.15, 0.2) is 42.6 Å². The molecule has 0 atom stereocenters. The number of aromatic nitrogens is 1. The topological polar surface area (TPSA) is 71.1 Å². The molecular formula is C20H20F3N3O2. The van der Waals surface area contributed by atoms with Crippen LogP contribution in [0.2, 0.25) is 0 Å². The highest BCUT2D eigenvalue weighted by Gasteiger charge is 2.33. The summed E-state index contributed by atoms with van der Waals surface area (Å²) in [7, 11) is 0. The van der Waals surface area contributed by atoms with Crippen molar-refractivity contribution in [3.05, 3.63) is 59.4 Å². The predicted molar refractivity (Wildman–Crippen MR) is 98.0 cm³/mol. The lowest BCUT2D eigenvalue weighted by atomic mass is 9.95. The van der Waals surface area contributed by atoms with Crippen molar-refractivity contribution in [1.29, 1.82) is 0 Å². The van der Waals surface area contributed by atoms with E-state index >= 15 is 0 Å². The Bertz CT molecular complexity index is 862. The van der Waals surface area contributed by atoms with E-state index in [-0.39, 0.29) is 23.0 Å². The highest BCUT2D eigenvalue weighted by Crippen LogP contribution is 2.34. The summed E-state index contributed by atoms with van der Waals surface area (Å²) in [6, 6.07) is 7.44. The van der Waals surface area contributed by atoms with Gasteiger partial charge < -0.3 is 10.6 Å². The maximum atomic E-state index is 13.1. The number of para-hydroxylation sites is 1. The Morgan fingerprint density at radius 1 is 1.00 bits per heavy atom. The first kappa shape index (κ1) is 19.9. The zero-order chi connectivity index (χ0) is 20.1. The van der Waals surface area contributed by atoms with Crippen LogP contribution in [0, 0.1) is 0 Å². The van der Waals surface area contributed by atoms with E-state index < -0.39 is 23.6 Å². The molecule has 2 N–H and O–H groups in total. The number of benzene rings is 1. The number of halogens is 3. The molecule has 8 heteroatoms. The molecule has 0 aliphatic heterocycles. The first-order valence-electron chi connectivity index (χ1n) is 9.09. The number of amides is 2. The van der Waals surface area contributed by atoms with Gasteiger partial charge in [0.2, 0.25) is 0 Å². The Hall–Kier alpha value is -2.90. The molecule has 5 nitrogen and oxygen atoms in total. The second kappa shape index (κ2) is 8.41. The van der Waals surface area contributed by atoms with E-state index in [1.165, 1.54) is 36.5 Å². The second-order valence-electron chi connectivity index (χ2n) is 6.74. The average Bonchev–Trinajstić information content (AvgIpc) is 2.68. The zero-order valence-electron chi connectivity index (χ0n) is 15.1. The Labute approximate surface area is 160 Å². The van der Waals surface area contributed by atoms with Crippen molar-refractivity contribution in [3.63, 3.8) is 0 Å². The standard InChI is InChI=1S/C20H20F3N3O2/c21-20(22,23)15-8-4-5-9-16(15)26-18(27)13-10-11-24-17(12-13)19(28)25-14-6-2-1-3-7-14/h4-5,8-12,14H,1-3,6-7H2,(H,25,28)(H,26,27). The minimum Gasteiger partial charge on any atom is -0.348 e. The van der Waals surface area contributed by atoms with E-state index in [0.717, 1.165) is 38.2 Å². The molecule has 2 aromatic rings. The number of hydrogen-bond acceptors (Lipinski definition) is 3. The van der Waals surface area contributed by atoms with Gasteiger partial charge in [-0.05, 0) is 37.1 Å². The molecule has 1 aliphatic rings. The van der Waals surface area contributed by atoms with Crippen LogP contribution in [-0.2, 0) is 6.18 Å². The first-order chi connectivity index (χ1) is 13.3. The van der Waals surface area contributed by atoms with Crippen molar-refractivity contribution < 1.29 is 22.8 Å². The number of rotatable bonds is 4. The van der Waals surface area contributed by atoms with Crippen molar-refractivity contribution >= 4 is 17.5 Å². The van der Waals surface area contributed by atoms with Crippen LogP contribution >= 0.6 is 0 Å². The second-order valence-corrected chi connectivity index (χ2v) is 6.74. The van der Waals surface area contributed by atoms with Gasteiger partial charge in [0.1, 0.15) is 5.69 Å². The van der Waals surface area contributed by atoms with Crippen LogP contribution in [0.25, 0.3) is 0 Å². The molecule has 2 amide bonds. The molecule has 3 rings (SSSR count). The normalized spacial score (nSPS) is 15.1. The van der Waals surface area contributed by atoms with Crippen molar-refractivity contribution in [3.8, 4) is 0 Å². The molecule has 1 aromatic carbocycles. The van der Waals surface area contributed by atoms with Gasteiger partial charge in [-0.2, -0.15) is 13.2 Å². The molecule has 1 heterocycles. The highest BCUT2D eigenvalue weighted by atomic mass is 19.4. The fraction of sp³-hybridized carbons (Fsp3) is 0.350. The smallest absolute Gasteiger partial charge is 0.348 e. The van der Waals surface area contributed by atoms with E-state index in [4.69, 9.17) is 0 Å². The number of nitrogens with one attached hydrogen (secondary N) is 2. The molecule has 0 bridgehead atoms. The predicted octanol–water partition coefficient (Wildman–Crippen LogP) is 4.42. The lowest BCUT2D eigenvalue weighted by Gasteiger charge is -2.22. The van der Waals surface area contributed by atoms with Crippen molar-refractivity contribution in [2.45, 2.75) is 44.3 Å². The molecule has 1 fully saturated rings. The van der Waals surface area contributed by atoms with Gasteiger partial charge in [-0.15, -0.1) is 0 Å². The molecule has 1 aromatic heterocycles. The Morgan fingerprint density at radius 3 is 2.43 bits per heavy atom. The van der Waals surface area contributed by atoms with Crippen LogP contribution in [0.1, 0.15) is 58.5 Å². The lowest BCUT2D eigenvalue weighted by molar-refractivity contribution is -0.136. The van der Waals surface area contributed by atoms with Crippen LogP contribution in [-0.4, -0.2) is 22.8 Å². The molecule has 28 heavy (non-hydrogen) atoms. The monoisotopic (exact) mass is 391 g/mol. The third kappa shape index (κ3) is 4.88. The Morgan fingerprint density at radius 2 is 1.71 bits per heavy atom. The molecule has 0 radical (unpaired) electrons. The zero-order valence-corrected chi connectivity index (χ0v) is 15.1. The molecule has 0 saturated heterocycles. The molecular weight excluding hydrogens is 371 g/mol. The van der Waals surface area contributed by atoms with Crippen molar-refractivity contribution in [2.75, 3.05) is 5.32 Å². The Kier molecular flexibility index (Phi) is 5.96. The van der Waals surface area contributed by atoms with Gasteiger partial charge in [-0.25, -0.2) is 0 Å². The molecule has 1 saturated carbocycles. The lowest BCUT2D eigenvalue weighted by Crippen LogP contribution is -2.36. The van der Waals surface area contributed by atoms with E-state index in [9.17, 15) is 22.8 Å². The van der Waals surface area contributed by atoms with Gasteiger partial charge in [0, 0.05) is 17.8 Å². The summed E-state index contributed by atoms with van der Waals surface area (Å²) in [5.41, 5.74) is -1.17. The summed E-state index contributed by atoms with van der Waals surface area (Å²) in [5.74, 6) is -1.14. The van der Waals surface area contributed by atoms with E-state index in [0.29, 0.717) is 0 Å². The summed E-state index contributed by atoms with van der Waals surface area (Å²) >= 11 is 0. The van der Waals surface area contributed by atoms with Gasteiger partial charge in [0.05, 0.1) is 11.3 Å². The summed E-state index contributed by atoms with van der Waals surface area (Å²) in [6.45, 7) is 0. The number of anilines is 1. The van der Waals surface area contributed by atoms with E-state index in [1.54, 1.807) is 0 Å². The largest absolute Gasteiger partial charge is 0.418 e. The molecule has 1 aliphatic carbocycles. The minimum atomic E-state index is -4.59. The molecule has 148 valence electrons.